The first kappa shape index (κ1) is 23.0. The van der Waals surface area contributed by atoms with E-state index >= 15 is 0 Å². The maximum absolute atomic E-state index is 12.7. The molecular formula is C26H22N6O4S. The number of amides is 1. The number of hydrogen-bond donors (Lipinski definition) is 0. The molecular weight excluding hydrogens is 492 g/mol. The Morgan fingerprint density at radius 3 is 2.68 bits per heavy atom. The molecule has 2 aromatic carbocycles. The minimum Gasteiger partial charge on any atom is -0.480 e. The van der Waals surface area contributed by atoms with Crippen LogP contribution in [0.1, 0.15) is 17.0 Å². The van der Waals surface area contributed by atoms with Crippen molar-refractivity contribution in [1.82, 2.24) is 24.9 Å². The lowest BCUT2D eigenvalue weighted by atomic mass is 10.1. The van der Waals surface area contributed by atoms with Gasteiger partial charge in [0.25, 0.3) is 0 Å². The van der Waals surface area contributed by atoms with Gasteiger partial charge in [-0.25, -0.2) is 29.7 Å². The van der Waals surface area contributed by atoms with Gasteiger partial charge in [0.2, 0.25) is 12.2 Å². The summed E-state index contributed by atoms with van der Waals surface area (Å²) >= 11 is 1.56. The number of anilines is 1. The molecule has 0 aliphatic carbocycles. The van der Waals surface area contributed by atoms with Crippen molar-refractivity contribution in [3.05, 3.63) is 59.8 Å². The molecule has 10 nitrogen and oxygen atoms in total. The molecule has 0 unspecified atom stereocenters. The van der Waals surface area contributed by atoms with E-state index in [1.807, 2.05) is 25.1 Å². The third kappa shape index (κ3) is 4.16. The Morgan fingerprint density at radius 1 is 1.08 bits per heavy atom. The lowest BCUT2D eigenvalue weighted by molar-refractivity contribution is -0.0127. The van der Waals surface area contributed by atoms with Gasteiger partial charge >= 0.3 is 6.09 Å². The lowest BCUT2D eigenvalue weighted by Crippen LogP contribution is -2.33. The van der Waals surface area contributed by atoms with Crippen LogP contribution in [0.2, 0.25) is 0 Å². The molecule has 0 spiro atoms. The topological polar surface area (TPSA) is 112 Å². The summed E-state index contributed by atoms with van der Waals surface area (Å²) in [5, 5.41) is 0.830. The van der Waals surface area contributed by atoms with Gasteiger partial charge in [0.05, 0.1) is 59.1 Å². The number of thiazole rings is 1. The van der Waals surface area contributed by atoms with E-state index in [1.165, 1.54) is 4.90 Å². The fraction of sp³-hybridized carbons (Fsp3) is 0.231. The Balaban J connectivity index is 1.29. The molecule has 0 fully saturated rings. The molecule has 5 aromatic rings. The second kappa shape index (κ2) is 8.93. The predicted octanol–water partition coefficient (Wildman–Crippen LogP) is 4.86. The summed E-state index contributed by atoms with van der Waals surface area (Å²) in [6.45, 7) is 3.80. The van der Waals surface area contributed by atoms with Crippen molar-refractivity contribution >= 4 is 44.4 Å². The van der Waals surface area contributed by atoms with Crippen LogP contribution in [0.15, 0.2) is 42.9 Å². The van der Waals surface area contributed by atoms with Crippen LogP contribution in [0.3, 0.4) is 0 Å². The molecule has 4 heterocycles. The Kier molecular flexibility index (Phi) is 5.56. The maximum Gasteiger partial charge on any atom is 0.417 e. The van der Waals surface area contributed by atoms with E-state index in [4.69, 9.17) is 19.2 Å². The molecule has 0 N–H and O–H groups in total. The van der Waals surface area contributed by atoms with E-state index in [-0.39, 0.29) is 0 Å². The minimum atomic E-state index is -0.745. The molecule has 1 amide bonds. The number of aromatic nitrogens is 5. The summed E-state index contributed by atoms with van der Waals surface area (Å²) in [7, 11) is 3.18. The highest BCUT2D eigenvalue weighted by Crippen LogP contribution is 2.42. The summed E-state index contributed by atoms with van der Waals surface area (Å²) in [5.41, 5.74) is 5.80. The third-order valence-corrected chi connectivity index (χ3v) is 7.28. The van der Waals surface area contributed by atoms with E-state index in [1.54, 1.807) is 51.0 Å². The van der Waals surface area contributed by atoms with Crippen molar-refractivity contribution in [1.29, 1.82) is 0 Å². The smallest absolute Gasteiger partial charge is 0.417 e. The van der Waals surface area contributed by atoms with Crippen molar-refractivity contribution in [2.45, 2.75) is 26.6 Å². The van der Waals surface area contributed by atoms with Crippen LogP contribution >= 0.6 is 11.3 Å². The van der Waals surface area contributed by atoms with Gasteiger partial charge in [-0.2, -0.15) is 0 Å². The molecule has 1 aliphatic rings. The average molecular weight is 515 g/mol. The van der Waals surface area contributed by atoms with Crippen molar-refractivity contribution in [2.75, 3.05) is 19.1 Å². The van der Waals surface area contributed by atoms with Crippen molar-refractivity contribution in [2.24, 2.45) is 0 Å². The van der Waals surface area contributed by atoms with Gasteiger partial charge in [-0.3, -0.25) is 4.90 Å². The van der Waals surface area contributed by atoms with Gasteiger partial charge in [0.15, 0.2) is 0 Å². The van der Waals surface area contributed by atoms with Crippen LogP contribution in [-0.2, 0) is 11.2 Å². The average Bonchev–Trinajstić information content (AvgIpc) is 3.51. The molecule has 1 aliphatic heterocycles. The molecule has 0 saturated carbocycles. The molecule has 3 aromatic heterocycles. The van der Waals surface area contributed by atoms with Gasteiger partial charge in [-0.15, -0.1) is 11.3 Å². The Bertz CT molecular complexity index is 1670. The number of fused-ring (bicyclic) bond motifs is 4. The van der Waals surface area contributed by atoms with Crippen LogP contribution in [0.5, 0.6) is 11.6 Å². The molecule has 1 atom stereocenters. The molecule has 0 bridgehead atoms. The monoisotopic (exact) mass is 514 g/mol. The highest BCUT2D eigenvalue weighted by Gasteiger charge is 2.30. The summed E-state index contributed by atoms with van der Waals surface area (Å²) in [4.78, 5) is 36.4. The van der Waals surface area contributed by atoms with Gasteiger partial charge in [-0.1, -0.05) is 0 Å². The fourth-order valence-electron chi connectivity index (χ4n) is 4.23. The number of hydrogen-bond acceptors (Lipinski definition) is 10. The number of nitrogens with zero attached hydrogens (tertiary/aromatic N) is 6. The summed E-state index contributed by atoms with van der Waals surface area (Å²) < 4.78 is 17.8. The quantitative estimate of drug-likeness (QED) is 0.332. The van der Waals surface area contributed by atoms with E-state index in [0.717, 1.165) is 42.9 Å². The lowest BCUT2D eigenvalue weighted by Gasteiger charge is -2.19. The zero-order valence-electron chi connectivity index (χ0n) is 20.6. The van der Waals surface area contributed by atoms with E-state index < -0.39 is 12.4 Å². The number of carbonyl (C=O) groups excluding carboxylic acids is 1. The van der Waals surface area contributed by atoms with Crippen LogP contribution in [0.4, 0.5) is 10.5 Å². The van der Waals surface area contributed by atoms with E-state index in [2.05, 4.69) is 26.0 Å². The Morgan fingerprint density at radius 2 is 1.89 bits per heavy atom. The summed E-state index contributed by atoms with van der Waals surface area (Å²) in [5.74, 6) is 1.77. The number of ether oxygens (including phenoxy) is 3. The van der Waals surface area contributed by atoms with Gasteiger partial charge in [-0.05, 0) is 43.7 Å². The summed E-state index contributed by atoms with van der Waals surface area (Å²) in [6.07, 6.45) is 3.89. The SMILES string of the molecule is COc1cnc2c(-c3nc4ccc5c(c4s3)C[C@H](OC(=O)N(C)c3cnc(C)nc3)O5)cc(C)cc2n1. The second-order valence-corrected chi connectivity index (χ2v) is 9.68. The number of carbonyl (C=O) groups is 1. The van der Waals surface area contributed by atoms with Crippen molar-refractivity contribution in [3.8, 4) is 22.2 Å². The highest BCUT2D eigenvalue weighted by molar-refractivity contribution is 7.22. The molecule has 0 radical (unpaired) electrons. The minimum absolute atomic E-state index is 0.420. The number of methoxy groups -OCH3 is 1. The molecule has 186 valence electrons. The standard InChI is InChI=1S/C26H22N6O4S/c1-13-7-17(23-19(8-13)30-21(34-4)12-29-23)25-31-18-5-6-20-16(24(18)37-25)9-22(35-20)36-26(33)32(3)15-10-27-14(2)28-11-15/h5-8,10-12,22H,9H2,1-4H3/t22-/m0/s1. The van der Waals surface area contributed by atoms with Crippen molar-refractivity contribution < 1.29 is 19.0 Å². The third-order valence-electron chi connectivity index (χ3n) is 6.12. The highest BCUT2D eigenvalue weighted by atomic mass is 32.1. The van der Waals surface area contributed by atoms with E-state index in [0.29, 0.717) is 29.6 Å². The normalized spacial score (nSPS) is 14.4. The summed E-state index contributed by atoms with van der Waals surface area (Å²) in [6, 6.07) is 7.82. The van der Waals surface area contributed by atoms with Crippen LogP contribution in [0, 0.1) is 13.8 Å². The zero-order chi connectivity index (χ0) is 25.7. The number of benzene rings is 2. The largest absolute Gasteiger partial charge is 0.480 e. The van der Waals surface area contributed by atoms with Crippen LogP contribution < -0.4 is 14.4 Å². The first-order valence-corrected chi connectivity index (χ1v) is 12.3. The zero-order valence-corrected chi connectivity index (χ0v) is 21.4. The second-order valence-electron chi connectivity index (χ2n) is 8.68. The molecule has 6 rings (SSSR count). The first-order valence-electron chi connectivity index (χ1n) is 11.5. The van der Waals surface area contributed by atoms with Gasteiger partial charge in [0.1, 0.15) is 16.6 Å². The molecule has 37 heavy (non-hydrogen) atoms. The Hall–Kier alpha value is -4.38. The van der Waals surface area contributed by atoms with E-state index in [9.17, 15) is 4.79 Å². The fourth-order valence-corrected chi connectivity index (χ4v) is 5.36. The van der Waals surface area contributed by atoms with Gasteiger partial charge < -0.3 is 14.2 Å². The van der Waals surface area contributed by atoms with Gasteiger partial charge in [0, 0.05) is 18.2 Å². The maximum atomic E-state index is 12.7. The molecule has 11 heteroatoms. The van der Waals surface area contributed by atoms with Crippen molar-refractivity contribution in [3.63, 3.8) is 0 Å². The predicted molar refractivity (Wildman–Crippen MR) is 139 cm³/mol. The Labute approximate surface area is 215 Å². The number of aryl methyl sites for hydroxylation is 2. The molecule has 0 saturated heterocycles. The number of rotatable bonds is 4. The first-order chi connectivity index (χ1) is 17.9. The van der Waals surface area contributed by atoms with Crippen LogP contribution in [0.25, 0.3) is 31.8 Å². The van der Waals surface area contributed by atoms with Crippen LogP contribution in [-0.4, -0.2) is 51.5 Å².